The Morgan fingerprint density at radius 2 is 1.85 bits per heavy atom. The van der Waals surface area contributed by atoms with Crippen LogP contribution in [0.3, 0.4) is 0 Å². The van der Waals surface area contributed by atoms with E-state index in [1.54, 1.807) is 13.0 Å². The van der Waals surface area contributed by atoms with Crippen LogP contribution in [0, 0.1) is 13.8 Å². The number of carbonyl (C=O) groups is 1. The van der Waals surface area contributed by atoms with E-state index in [0.717, 1.165) is 10.9 Å². The second-order valence-corrected chi connectivity index (χ2v) is 6.60. The summed E-state index contributed by atoms with van der Waals surface area (Å²) in [5.74, 6) is 0.117. The highest BCUT2D eigenvalue weighted by Gasteiger charge is 2.17. The average Bonchev–Trinajstić information content (AvgIpc) is 2.66. The van der Waals surface area contributed by atoms with Gasteiger partial charge in [-0.2, -0.15) is 0 Å². The van der Waals surface area contributed by atoms with Gasteiger partial charge in [-0.1, -0.05) is 29.8 Å². The third-order valence-electron chi connectivity index (χ3n) is 4.54. The van der Waals surface area contributed by atoms with E-state index in [0.29, 0.717) is 39.7 Å². The Kier molecular flexibility index (Phi) is 5.51. The van der Waals surface area contributed by atoms with Gasteiger partial charge in [0, 0.05) is 21.5 Å². The van der Waals surface area contributed by atoms with Crippen molar-refractivity contribution in [3.63, 3.8) is 0 Å². The average molecular weight is 387 g/mol. The fourth-order valence-electron chi connectivity index (χ4n) is 2.92. The van der Waals surface area contributed by atoms with E-state index in [2.05, 4.69) is 4.74 Å². The number of hydrogen-bond donors (Lipinski definition) is 0. The summed E-state index contributed by atoms with van der Waals surface area (Å²) in [5, 5.41) is 1.39. The summed E-state index contributed by atoms with van der Waals surface area (Å²) in [6.07, 6.45) is -0.121. The Hall–Kier alpha value is -2.79. The normalized spacial score (nSPS) is 10.8. The molecule has 0 bridgehead atoms. The Bertz CT molecular complexity index is 1070. The maximum absolute atomic E-state index is 12.4. The maximum atomic E-state index is 12.4. The van der Waals surface area contributed by atoms with E-state index in [1.165, 1.54) is 7.11 Å². The molecule has 27 heavy (non-hydrogen) atoms. The molecule has 0 N–H and O–H groups in total. The van der Waals surface area contributed by atoms with E-state index >= 15 is 0 Å². The standard InChI is InChI=1S/C21H19ClO5/c1-12-15-8-9-18(26-11-14-6-4-5-7-17(14)22)13(2)20(15)27-21(24)16(12)10-19(23)25-3/h4-9H,10-11H2,1-3H3. The van der Waals surface area contributed by atoms with Gasteiger partial charge in [-0.25, -0.2) is 4.79 Å². The number of carbonyl (C=O) groups excluding carboxylic acids is 1. The molecular formula is C21H19ClO5. The number of aryl methyl sites for hydroxylation is 2. The molecule has 140 valence electrons. The number of rotatable bonds is 5. The lowest BCUT2D eigenvalue weighted by Gasteiger charge is -2.13. The van der Waals surface area contributed by atoms with Crippen LogP contribution in [0.2, 0.25) is 5.02 Å². The molecule has 0 radical (unpaired) electrons. The Balaban J connectivity index is 1.97. The van der Waals surface area contributed by atoms with Gasteiger partial charge in [-0.05, 0) is 37.6 Å². The van der Waals surface area contributed by atoms with Crippen molar-refractivity contribution in [1.82, 2.24) is 0 Å². The van der Waals surface area contributed by atoms with Crippen molar-refractivity contribution in [2.24, 2.45) is 0 Å². The molecule has 0 aliphatic rings. The SMILES string of the molecule is COC(=O)Cc1c(C)c2ccc(OCc3ccccc3Cl)c(C)c2oc1=O. The zero-order valence-corrected chi connectivity index (χ0v) is 16.1. The van der Waals surface area contributed by atoms with Crippen molar-refractivity contribution in [2.45, 2.75) is 26.9 Å². The first-order chi connectivity index (χ1) is 12.9. The van der Waals surface area contributed by atoms with Crippen molar-refractivity contribution in [1.29, 1.82) is 0 Å². The van der Waals surface area contributed by atoms with Crippen LogP contribution in [-0.4, -0.2) is 13.1 Å². The Morgan fingerprint density at radius 1 is 1.11 bits per heavy atom. The fraction of sp³-hybridized carbons (Fsp3) is 0.238. The molecule has 0 amide bonds. The number of methoxy groups -OCH3 is 1. The summed E-state index contributed by atoms with van der Waals surface area (Å²) in [5.41, 5.74) is 2.49. The third-order valence-corrected chi connectivity index (χ3v) is 4.91. The first-order valence-corrected chi connectivity index (χ1v) is 8.79. The van der Waals surface area contributed by atoms with Gasteiger partial charge >= 0.3 is 11.6 Å². The molecule has 3 rings (SSSR count). The quantitative estimate of drug-likeness (QED) is 0.481. The topological polar surface area (TPSA) is 65.7 Å². The van der Waals surface area contributed by atoms with Crippen LogP contribution in [-0.2, 0) is 22.6 Å². The Labute approximate surface area is 161 Å². The highest BCUT2D eigenvalue weighted by molar-refractivity contribution is 6.31. The monoisotopic (exact) mass is 386 g/mol. The number of benzene rings is 2. The molecular weight excluding hydrogens is 368 g/mol. The highest BCUT2D eigenvalue weighted by atomic mass is 35.5. The van der Waals surface area contributed by atoms with Gasteiger partial charge < -0.3 is 13.9 Å². The van der Waals surface area contributed by atoms with Crippen molar-refractivity contribution in [3.05, 3.63) is 74.1 Å². The third kappa shape index (κ3) is 3.83. The zero-order valence-electron chi connectivity index (χ0n) is 15.3. The van der Waals surface area contributed by atoms with Gasteiger partial charge in [0.1, 0.15) is 17.9 Å². The van der Waals surface area contributed by atoms with Gasteiger partial charge in [0.25, 0.3) is 0 Å². The van der Waals surface area contributed by atoms with Crippen molar-refractivity contribution in [3.8, 4) is 5.75 Å². The largest absolute Gasteiger partial charge is 0.488 e. The van der Waals surface area contributed by atoms with E-state index in [1.807, 2.05) is 37.3 Å². The first kappa shape index (κ1) is 19.0. The van der Waals surface area contributed by atoms with Crippen LogP contribution in [0.25, 0.3) is 11.0 Å². The predicted molar refractivity (Wildman–Crippen MR) is 103 cm³/mol. The second-order valence-electron chi connectivity index (χ2n) is 6.19. The molecule has 0 unspecified atom stereocenters. The van der Waals surface area contributed by atoms with E-state index in [-0.39, 0.29) is 6.42 Å². The first-order valence-electron chi connectivity index (χ1n) is 8.41. The maximum Gasteiger partial charge on any atom is 0.340 e. The van der Waals surface area contributed by atoms with Gasteiger partial charge in [0.15, 0.2) is 0 Å². The molecule has 0 saturated heterocycles. The number of ether oxygens (including phenoxy) is 2. The molecule has 0 fully saturated rings. The highest BCUT2D eigenvalue weighted by Crippen LogP contribution is 2.30. The van der Waals surface area contributed by atoms with Gasteiger partial charge in [-0.15, -0.1) is 0 Å². The lowest BCUT2D eigenvalue weighted by Crippen LogP contribution is -2.16. The molecule has 0 atom stereocenters. The van der Waals surface area contributed by atoms with Crippen LogP contribution >= 0.6 is 11.6 Å². The zero-order chi connectivity index (χ0) is 19.6. The molecule has 1 aromatic heterocycles. The minimum Gasteiger partial charge on any atom is -0.488 e. The number of halogens is 1. The summed E-state index contributed by atoms with van der Waals surface area (Å²) < 4.78 is 16.0. The number of fused-ring (bicyclic) bond motifs is 1. The van der Waals surface area contributed by atoms with Gasteiger partial charge in [0.2, 0.25) is 0 Å². The summed E-state index contributed by atoms with van der Waals surface area (Å²) in [4.78, 5) is 23.9. The van der Waals surface area contributed by atoms with Gasteiger partial charge in [-0.3, -0.25) is 4.79 Å². The van der Waals surface area contributed by atoms with Gasteiger partial charge in [0.05, 0.1) is 19.1 Å². The minimum absolute atomic E-state index is 0.121. The lowest BCUT2D eigenvalue weighted by molar-refractivity contribution is -0.139. The lowest BCUT2D eigenvalue weighted by atomic mass is 10.0. The fourth-order valence-corrected chi connectivity index (χ4v) is 3.11. The summed E-state index contributed by atoms with van der Waals surface area (Å²) in [6.45, 7) is 3.92. The van der Waals surface area contributed by atoms with Crippen molar-refractivity contribution in [2.75, 3.05) is 7.11 Å². The number of hydrogen-bond acceptors (Lipinski definition) is 5. The molecule has 0 spiro atoms. The minimum atomic E-state index is -0.545. The molecule has 3 aromatic rings. The van der Waals surface area contributed by atoms with E-state index in [9.17, 15) is 9.59 Å². The molecule has 1 heterocycles. The predicted octanol–water partition coefficient (Wildman–Crippen LogP) is 4.36. The van der Waals surface area contributed by atoms with E-state index < -0.39 is 11.6 Å². The molecule has 6 heteroatoms. The molecule has 5 nitrogen and oxygen atoms in total. The van der Waals surface area contributed by atoms with Crippen LogP contribution in [0.15, 0.2) is 45.6 Å². The number of esters is 1. The summed E-state index contributed by atoms with van der Waals surface area (Å²) >= 11 is 6.16. The molecule has 0 saturated carbocycles. The molecule has 0 aliphatic carbocycles. The summed E-state index contributed by atoms with van der Waals surface area (Å²) in [6, 6.07) is 11.1. The van der Waals surface area contributed by atoms with Crippen molar-refractivity contribution >= 4 is 28.5 Å². The molecule has 2 aromatic carbocycles. The smallest absolute Gasteiger partial charge is 0.340 e. The van der Waals surface area contributed by atoms with E-state index in [4.69, 9.17) is 20.8 Å². The van der Waals surface area contributed by atoms with Crippen LogP contribution in [0.4, 0.5) is 0 Å². The second kappa shape index (κ2) is 7.84. The Morgan fingerprint density at radius 3 is 2.56 bits per heavy atom. The van der Waals surface area contributed by atoms with Crippen LogP contribution in [0.1, 0.15) is 22.3 Å². The molecule has 0 aliphatic heterocycles. The van der Waals surface area contributed by atoms with Crippen LogP contribution in [0.5, 0.6) is 5.75 Å². The van der Waals surface area contributed by atoms with Crippen molar-refractivity contribution < 1.29 is 18.7 Å². The summed E-state index contributed by atoms with van der Waals surface area (Å²) in [7, 11) is 1.28. The van der Waals surface area contributed by atoms with Crippen LogP contribution < -0.4 is 10.4 Å².